The Bertz CT molecular complexity index is 813. The van der Waals surface area contributed by atoms with Crippen LogP contribution >= 0.6 is 0 Å². The minimum Gasteiger partial charge on any atom is -0.463 e. The first-order valence-corrected chi connectivity index (χ1v) is 12.8. The van der Waals surface area contributed by atoms with Crippen LogP contribution in [-0.2, 0) is 16.0 Å². The normalized spacial score (nSPS) is 11.7. The monoisotopic (exact) mass is 489 g/mol. The number of anilines is 1. The molecule has 0 aliphatic carbocycles. The van der Waals surface area contributed by atoms with Crippen molar-refractivity contribution in [1.29, 1.82) is 0 Å². The highest BCUT2D eigenvalue weighted by Crippen LogP contribution is 2.15. The van der Waals surface area contributed by atoms with E-state index < -0.39 is 17.8 Å². The standard InChI is InChI=1S/C27H43N3O5/c1-5-6-7-8-9-10-11-12-14-21-17-19-22(20-18-21)28-24(31)16-13-15-23(29-25(32)33)30-26(34)35-27(2,3)4/h17-20H,5-16H2,1-4H3,(H,28,31)(H,32,33)(H,29,30,34). The Kier molecular flexibility index (Phi) is 14.4. The molecule has 0 spiro atoms. The van der Waals surface area contributed by atoms with Crippen LogP contribution in [0.4, 0.5) is 15.3 Å². The summed E-state index contributed by atoms with van der Waals surface area (Å²) in [5, 5.41) is 14.1. The number of alkyl carbamates (subject to hydrolysis) is 1. The second-order valence-corrected chi connectivity index (χ2v) is 9.79. The average Bonchev–Trinajstić information content (AvgIpc) is 2.75. The fraction of sp³-hybridized carbons (Fsp3) is 0.630. The quantitative estimate of drug-likeness (QED) is 0.147. The van der Waals surface area contributed by atoms with E-state index in [0.29, 0.717) is 6.42 Å². The number of ether oxygens (including phenoxy) is 1. The summed E-state index contributed by atoms with van der Waals surface area (Å²) in [5.74, 6) is -0.238. The molecule has 8 heteroatoms. The van der Waals surface area contributed by atoms with E-state index in [1.807, 2.05) is 24.3 Å². The molecule has 8 nitrogen and oxygen atoms in total. The molecule has 196 valence electrons. The predicted octanol–water partition coefficient (Wildman–Crippen LogP) is 7.08. The van der Waals surface area contributed by atoms with Gasteiger partial charge in [0, 0.05) is 18.5 Å². The van der Waals surface area contributed by atoms with Gasteiger partial charge in [-0.25, -0.2) is 9.59 Å². The zero-order chi connectivity index (χ0) is 26.1. The first kappa shape index (κ1) is 30.1. The summed E-state index contributed by atoms with van der Waals surface area (Å²) in [7, 11) is 0. The molecule has 0 heterocycles. The van der Waals surface area contributed by atoms with Gasteiger partial charge in [-0.15, -0.1) is 0 Å². The van der Waals surface area contributed by atoms with E-state index in [0.717, 1.165) is 12.1 Å². The van der Waals surface area contributed by atoms with Crippen molar-refractivity contribution in [2.75, 3.05) is 5.32 Å². The number of carbonyl (C=O) groups excluding carboxylic acids is 2. The molecule has 3 amide bonds. The Morgan fingerprint density at radius 2 is 1.49 bits per heavy atom. The molecule has 0 saturated carbocycles. The molecular weight excluding hydrogens is 446 g/mol. The van der Waals surface area contributed by atoms with Gasteiger partial charge in [-0.3, -0.25) is 10.1 Å². The molecule has 0 fully saturated rings. The van der Waals surface area contributed by atoms with E-state index in [1.165, 1.54) is 56.9 Å². The predicted molar refractivity (Wildman–Crippen MR) is 140 cm³/mol. The fourth-order valence-corrected chi connectivity index (χ4v) is 3.54. The highest BCUT2D eigenvalue weighted by atomic mass is 16.6. The van der Waals surface area contributed by atoms with Crippen molar-refractivity contribution in [3.8, 4) is 0 Å². The lowest BCUT2D eigenvalue weighted by atomic mass is 10.0. The molecule has 35 heavy (non-hydrogen) atoms. The second-order valence-electron chi connectivity index (χ2n) is 9.79. The Labute approximate surface area is 209 Å². The van der Waals surface area contributed by atoms with E-state index in [9.17, 15) is 14.4 Å². The Balaban J connectivity index is 2.34. The molecule has 0 saturated heterocycles. The Hall–Kier alpha value is -2.90. The van der Waals surface area contributed by atoms with Gasteiger partial charge in [0.2, 0.25) is 5.91 Å². The van der Waals surface area contributed by atoms with Crippen molar-refractivity contribution >= 4 is 29.6 Å². The number of hydrogen-bond acceptors (Lipinski definition) is 4. The molecule has 3 N–H and O–H groups in total. The number of amidine groups is 1. The van der Waals surface area contributed by atoms with Crippen molar-refractivity contribution in [2.24, 2.45) is 4.99 Å². The van der Waals surface area contributed by atoms with E-state index in [1.54, 1.807) is 20.8 Å². The molecule has 0 unspecified atom stereocenters. The number of aryl methyl sites for hydroxylation is 1. The van der Waals surface area contributed by atoms with Gasteiger partial charge in [0.25, 0.3) is 0 Å². The number of carboxylic acid groups (broad SMARTS) is 1. The number of nitrogens with one attached hydrogen (secondary N) is 2. The van der Waals surface area contributed by atoms with E-state index in [-0.39, 0.29) is 24.6 Å². The molecule has 1 rings (SSSR count). The summed E-state index contributed by atoms with van der Waals surface area (Å²) in [5.41, 5.74) is 1.26. The van der Waals surface area contributed by atoms with Crippen LogP contribution < -0.4 is 10.6 Å². The van der Waals surface area contributed by atoms with Gasteiger partial charge in [-0.05, 0) is 57.7 Å². The van der Waals surface area contributed by atoms with Gasteiger partial charge < -0.3 is 15.2 Å². The summed E-state index contributed by atoms with van der Waals surface area (Å²) in [6.45, 7) is 7.34. The van der Waals surface area contributed by atoms with Gasteiger partial charge in [0.15, 0.2) is 0 Å². The molecule has 0 aromatic heterocycles. The van der Waals surface area contributed by atoms with E-state index in [4.69, 9.17) is 9.84 Å². The van der Waals surface area contributed by atoms with Crippen LogP contribution in [0.2, 0.25) is 0 Å². The summed E-state index contributed by atoms with van der Waals surface area (Å²) in [6, 6.07) is 7.89. The minimum absolute atomic E-state index is 0.0511. The number of hydrogen-bond donors (Lipinski definition) is 3. The number of nitrogens with zero attached hydrogens (tertiary/aromatic N) is 1. The third-order valence-electron chi connectivity index (χ3n) is 5.25. The van der Waals surface area contributed by atoms with Crippen molar-refractivity contribution < 1.29 is 24.2 Å². The Morgan fingerprint density at radius 3 is 2.06 bits per heavy atom. The van der Waals surface area contributed by atoms with Crippen molar-refractivity contribution in [2.45, 2.75) is 110 Å². The van der Waals surface area contributed by atoms with Crippen LogP contribution in [0.25, 0.3) is 0 Å². The van der Waals surface area contributed by atoms with Crippen LogP contribution in [0.3, 0.4) is 0 Å². The molecular formula is C27H43N3O5. The summed E-state index contributed by atoms with van der Waals surface area (Å²) >= 11 is 0. The van der Waals surface area contributed by atoms with Crippen LogP contribution in [0.5, 0.6) is 0 Å². The zero-order valence-electron chi connectivity index (χ0n) is 21.8. The number of benzene rings is 1. The number of amides is 3. The third kappa shape index (κ3) is 16.4. The van der Waals surface area contributed by atoms with Crippen LogP contribution in [-0.4, -0.2) is 34.6 Å². The number of rotatable bonds is 14. The van der Waals surface area contributed by atoms with Gasteiger partial charge >= 0.3 is 12.2 Å². The van der Waals surface area contributed by atoms with Gasteiger partial charge in [0.05, 0.1) is 0 Å². The number of unbranched alkanes of at least 4 members (excludes halogenated alkanes) is 7. The van der Waals surface area contributed by atoms with E-state index in [2.05, 4.69) is 22.5 Å². The van der Waals surface area contributed by atoms with Gasteiger partial charge in [0.1, 0.15) is 11.4 Å². The van der Waals surface area contributed by atoms with Crippen molar-refractivity contribution in [3.63, 3.8) is 0 Å². The SMILES string of the molecule is CCCCCCCCCCc1ccc(NC(=O)CCCC(=NC(=O)O)NC(=O)OC(C)(C)C)cc1. The maximum atomic E-state index is 12.3. The third-order valence-corrected chi connectivity index (χ3v) is 5.25. The topological polar surface area (TPSA) is 117 Å². The molecule has 0 aliphatic heterocycles. The largest absolute Gasteiger partial charge is 0.463 e. The summed E-state index contributed by atoms with van der Waals surface area (Å²) in [6.07, 6.45) is 9.81. The van der Waals surface area contributed by atoms with E-state index >= 15 is 0 Å². The van der Waals surface area contributed by atoms with Crippen molar-refractivity contribution in [3.05, 3.63) is 29.8 Å². The second kappa shape index (κ2) is 16.7. The van der Waals surface area contributed by atoms with Gasteiger partial charge in [-0.1, -0.05) is 64.0 Å². The highest BCUT2D eigenvalue weighted by Gasteiger charge is 2.18. The average molecular weight is 490 g/mol. The lowest BCUT2D eigenvalue weighted by Crippen LogP contribution is -2.36. The first-order valence-electron chi connectivity index (χ1n) is 12.8. The molecule has 1 aromatic carbocycles. The Morgan fingerprint density at radius 1 is 0.886 bits per heavy atom. The summed E-state index contributed by atoms with van der Waals surface area (Å²) < 4.78 is 5.12. The number of aliphatic imine (C=N–C) groups is 1. The zero-order valence-corrected chi connectivity index (χ0v) is 21.8. The van der Waals surface area contributed by atoms with Crippen molar-refractivity contribution in [1.82, 2.24) is 5.32 Å². The molecule has 0 radical (unpaired) electrons. The first-order chi connectivity index (χ1) is 16.6. The molecule has 0 aliphatic rings. The smallest absolute Gasteiger partial charge is 0.432 e. The maximum Gasteiger partial charge on any atom is 0.432 e. The minimum atomic E-state index is -1.42. The van der Waals surface area contributed by atoms with Crippen LogP contribution in [0.15, 0.2) is 29.3 Å². The fourth-order valence-electron chi connectivity index (χ4n) is 3.54. The summed E-state index contributed by atoms with van der Waals surface area (Å²) in [4.78, 5) is 38.5. The highest BCUT2D eigenvalue weighted by molar-refractivity contribution is 6.00. The lowest BCUT2D eigenvalue weighted by molar-refractivity contribution is -0.116. The molecule has 1 aromatic rings. The lowest BCUT2D eigenvalue weighted by Gasteiger charge is -2.20. The van der Waals surface area contributed by atoms with Gasteiger partial charge in [-0.2, -0.15) is 4.99 Å². The maximum absolute atomic E-state index is 12.3. The molecule has 0 bridgehead atoms. The number of carbonyl (C=O) groups is 3. The molecule has 0 atom stereocenters. The van der Waals surface area contributed by atoms with Crippen LogP contribution in [0.1, 0.15) is 104 Å². The van der Waals surface area contributed by atoms with Crippen LogP contribution in [0, 0.1) is 0 Å².